The summed E-state index contributed by atoms with van der Waals surface area (Å²) < 4.78 is 114. The zero-order valence-electron chi connectivity index (χ0n) is 22.3. The normalized spacial score (nSPS) is 12.8. The molecule has 0 aliphatic rings. The first kappa shape index (κ1) is 34.3. The summed E-state index contributed by atoms with van der Waals surface area (Å²) in [6, 6.07) is 2.70. The molecular formula is C26H41F6NO4S. The van der Waals surface area contributed by atoms with Crippen LogP contribution >= 0.6 is 0 Å². The quantitative estimate of drug-likeness (QED) is 0.116. The Labute approximate surface area is 222 Å². The highest BCUT2D eigenvalue weighted by Crippen LogP contribution is 2.33. The topological polar surface area (TPSA) is 55.8 Å². The smallest absolute Gasteiger partial charge is 0.422 e. The van der Waals surface area contributed by atoms with Gasteiger partial charge in [0.2, 0.25) is 10.0 Å². The van der Waals surface area contributed by atoms with Gasteiger partial charge in [-0.2, -0.15) is 30.6 Å². The molecule has 0 N–H and O–H groups in total. The van der Waals surface area contributed by atoms with E-state index in [4.69, 9.17) is 4.74 Å². The summed E-state index contributed by atoms with van der Waals surface area (Å²) in [4.78, 5) is -0.530. The molecule has 0 unspecified atom stereocenters. The van der Waals surface area contributed by atoms with Gasteiger partial charge in [-0.3, -0.25) is 0 Å². The maximum Gasteiger partial charge on any atom is 0.422 e. The van der Waals surface area contributed by atoms with Gasteiger partial charge in [-0.05, 0) is 25.0 Å². The molecule has 0 radical (unpaired) electrons. The number of hydrogen-bond donors (Lipinski definition) is 0. The highest BCUT2D eigenvalue weighted by atomic mass is 32.2. The lowest BCUT2D eigenvalue weighted by Gasteiger charge is -2.24. The number of hydrogen-bond acceptors (Lipinski definition) is 4. The van der Waals surface area contributed by atoms with Crippen molar-refractivity contribution < 1.29 is 44.2 Å². The van der Waals surface area contributed by atoms with Crippen molar-refractivity contribution in [3.05, 3.63) is 18.2 Å². The average Bonchev–Trinajstić information content (AvgIpc) is 2.83. The lowest BCUT2D eigenvalue weighted by Crippen LogP contribution is -2.33. The van der Waals surface area contributed by atoms with Crippen molar-refractivity contribution in [2.24, 2.45) is 0 Å². The summed E-state index contributed by atoms with van der Waals surface area (Å²) in [5.41, 5.74) is 0. The Morgan fingerprint density at radius 1 is 0.684 bits per heavy atom. The van der Waals surface area contributed by atoms with E-state index in [2.05, 4.69) is 18.6 Å². The van der Waals surface area contributed by atoms with Gasteiger partial charge >= 0.3 is 12.4 Å². The van der Waals surface area contributed by atoms with Crippen molar-refractivity contribution >= 4 is 10.0 Å². The maximum absolute atomic E-state index is 13.6. The molecule has 0 aromatic heterocycles. The number of alkyl halides is 6. The van der Waals surface area contributed by atoms with E-state index in [1.165, 1.54) is 4.31 Å². The van der Waals surface area contributed by atoms with Gasteiger partial charge in [0.1, 0.15) is 16.4 Å². The molecule has 0 saturated carbocycles. The first-order valence-electron chi connectivity index (χ1n) is 13.3. The Bertz CT molecular complexity index is 875. The van der Waals surface area contributed by atoms with Crippen LogP contribution in [0.2, 0.25) is 0 Å². The van der Waals surface area contributed by atoms with Gasteiger partial charge in [0.05, 0.1) is 0 Å². The molecule has 0 heterocycles. The fourth-order valence-corrected chi connectivity index (χ4v) is 5.49. The Morgan fingerprint density at radius 3 is 1.61 bits per heavy atom. The van der Waals surface area contributed by atoms with Crippen molar-refractivity contribution in [3.8, 4) is 11.5 Å². The zero-order valence-corrected chi connectivity index (χ0v) is 23.1. The van der Waals surface area contributed by atoms with Gasteiger partial charge in [-0.25, -0.2) is 8.42 Å². The number of rotatable bonds is 20. The number of benzene rings is 1. The summed E-state index contributed by atoms with van der Waals surface area (Å²) >= 11 is 0. The minimum atomic E-state index is -4.78. The third-order valence-corrected chi connectivity index (χ3v) is 7.79. The molecule has 0 amide bonds. The van der Waals surface area contributed by atoms with Gasteiger partial charge < -0.3 is 9.47 Å². The van der Waals surface area contributed by atoms with Crippen molar-refractivity contribution in [1.82, 2.24) is 4.31 Å². The summed E-state index contributed by atoms with van der Waals surface area (Å²) in [5, 5.41) is 0. The predicted octanol–water partition coefficient (Wildman–Crippen LogP) is 8.28. The van der Waals surface area contributed by atoms with E-state index in [1.54, 1.807) is 0 Å². The van der Waals surface area contributed by atoms with Gasteiger partial charge in [0.25, 0.3) is 0 Å². The van der Waals surface area contributed by atoms with Crippen LogP contribution in [-0.2, 0) is 10.0 Å². The van der Waals surface area contributed by atoms with Gasteiger partial charge in [-0.15, -0.1) is 0 Å². The SMILES string of the molecule is CCCCCCCCN(CCCCCCCC)S(=O)(=O)c1ccc(OCC(F)(F)F)cc1OCC(F)(F)F. The molecule has 12 heteroatoms. The van der Waals surface area contributed by atoms with Crippen LogP contribution in [0.4, 0.5) is 26.3 Å². The Kier molecular flexibility index (Phi) is 15.4. The van der Waals surface area contributed by atoms with Gasteiger partial charge in [-0.1, -0.05) is 78.1 Å². The third-order valence-electron chi connectivity index (χ3n) is 5.85. The van der Waals surface area contributed by atoms with E-state index in [9.17, 15) is 34.8 Å². The highest BCUT2D eigenvalue weighted by Gasteiger charge is 2.33. The second-order valence-corrected chi connectivity index (χ2v) is 11.3. The number of halogens is 6. The van der Waals surface area contributed by atoms with Crippen LogP contribution in [0.5, 0.6) is 11.5 Å². The van der Waals surface area contributed by atoms with Crippen molar-refractivity contribution in [3.63, 3.8) is 0 Å². The van der Waals surface area contributed by atoms with Gasteiger partial charge in [0.15, 0.2) is 13.2 Å². The first-order valence-corrected chi connectivity index (χ1v) is 14.8. The summed E-state index contributed by atoms with van der Waals surface area (Å²) in [5.74, 6) is -1.14. The molecule has 0 aliphatic heterocycles. The molecule has 1 rings (SSSR count). The standard InChI is InChI=1S/C26H41F6NO4S/c1-3-5-7-9-11-13-17-33(18-14-12-10-8-6-4-2)38(34,35)24-16-15-22(36-20-25(27,28)29)19-23(24)37-21-26(30,31)32/h15-16,19H,3-14,17-18,20-21H2,1-2H3. The Balaban J connectivity index is 3.15. The van der Waals surface area contributed by atoms with Crippen LogP contribution in [0.25, 0.3) is 0 Å². The van der Waals surface area contributed by atoms with Crippen LogP contribution in [0.3, 0.4) is 0 Å². The fourth-order valence-electron chi connectivity index (χ4n) is 3.86. The van der Waals surface area contributed by atoms with E-state index in [1.807, 2.05) is 0 Å². The van der Waals surface area contributed by atoms with E-state index in [0.717, 1.165) is 82.4 Å². The van der Waals surface area contributed by atoms with E-state index in [0.29, 0.717) is 12.8 Å². The molecule has 1 aromatic carbocycles. The van der Waals surface area contributed by atoms with E-state index in [-0.39, 0.29) is 13.1 Å². The van der Waals surface area contributed by atoms with Crippen LogP contribution in [0.1, 0.15) is 90.9 Å². The second kappa shape index (κ2) is 17.1. The lowest BCUT2D eigenvalue weighted by molar-refractivity contribution is -0.154. The Hall–Kier alpha value is -1.69. The van der Waals surface area contributed by atoms with Crippen LogP contribution < -0.4 is 9.47 Å². The minimum absolute atomic E-state index is 0.189. The highest BCUT2D eigenvalue weighted by molar-refractivity contribution is 7.89. The molecule has 0 saturated heterocycles. The zero-order chi connectivity index (χ0) is 28.7. The number of unbranched alkanes of at least 4 members (excludes halogenated alkanes) is 10. The van der Waals surface area contributed by atoms with Crippen LogP contribution in [0, 0.1) is 0 Å². The number of ether oxygens (including phenoxy) is 2. The molecule has 0 fully saturated rings. The van der Waals surface area contributed by atoms with Crippen LogP contribution in [0.15, 0.2) is 23.1 Å². The lowest BCUT2D eigenvalue weighted by atomic mass is 10.1. The molecule has 222 valence electrons. The predicted molar refractivity (Wildman–Crippen MR) is 135 cm³/mol. The number of nitrogens with zero attached hydrogens (tertiary/aromatic N) is 1. The van der Waals surface area contributed by atoms with Crippen LogP contribution in [-0.4, -0.2) is 51.4 Å². The summed E-state index contributed by atoms with van der Waals surface area (Å²) in [6.45, 7) is 1.08. The molecule has 0 aliphatic carbocycles. The Morgan fingerprint density at radius 2 is 1.13 bits per heavy atom. The minimum Gasteiger partial charge on any atom is -0.484 e. The molecule has 0 atom stereocenters. The molecule has 1 aromatic rings. The van der Waals surface area contributed by atoms with Gasteiger partial charge in [0, 0.05) is 19.2 Å². The van der Waals surface area contributed by atoms with E-state index >= 15 is 0 Å². The monoisotopic (exact) mass is 577 g/mol. The summed E-state index contributed by atoms with van der Waals surface area (Å²) in [7, 11) is -4.29. The molecule has 5 nitrogen and oxygen atoms in total. The van der Waals surface area contributed by atoms with Crippen molar-refractivity contribution in [2.75, 3.05) is 26.3 Å². The second-order valence-electron chi connectivity index (χ2n) is 9.36. The maximum atomic E-state index is 13.6. The third kappa shape index (κ3) is 14.5. The van der Waals surface area contributed by atoms with Crippen molar-refractivity contribution in [2.45, 2.75) is 108 Å². The number of sulfonamides is 1. The molecular weight excluding hydrogens is 536 g/mol. The molecule has 0 spiro atoms. The summed E-state index contributed by atoms with van der Waals surface area (Å²) in [6.07, 6.45) is 1.62. The largest absolute Gasteiger partial charge is 0.484 e. The molecule has 0 bridgehead atoms. The van der Waals surface area contributed by atoms with E-state index < -0.39 is 52.0 Å². The first-order chi connectivity index (χ1) is 17.8. The van der Waals surface area contributed by atoms with Crippen molar-refractivity contribution in [1.29, 1.82) is 0 Å². The molecule has 38 heavy (non-hydrogen) atoms. The fraction of sp³-hybridized carbons (Fsp3) is 0.769. The average molecular weight is 578 g/mol.